The summed E-state index contributed by atoms with van der Waals surface area (Å²) >= 11 is 0. The van der Waals surface area contributed by atoms with Gasteiger partial charge in [0, 0.05) is 5.69 Å². The molecule has 0 aromatic heterocycles. The van der Waals surface area contributed by atoms with Crippen LogP contribution in [0.25, 0.3) is 0 Å². The molecule has 162 valence electrons. The van der Waals surface area contributed by atoms with Crippen molar-refractivity contribution >= 4 is 29.4 Å². The molecule has 0 radical (unpaired) electrons. The topological polar surface area (TPSA) is 108 Å². The second-order valence-corrected chi connectivity index (χ2v) is 7.54. The molecule has 2 aromatic rings. The third-order valence-corrected chi connectivity index (χ3v) is 5.47. The van der Waals surface area contributed by atoms with E-state index >= 15 is 0 Å². The van der Waals surface area contributed by atoms with E-state index in [-0.39, 0.29) is 6.54 Å². The van der Waals surface area contributed by atoms with Gasteiger partial charge in [-0.1, -0.05) is 55.5 Å². The molecule has 3 N–H and O–H groups in total. The molecule has 0 bridgehead atoms. The first-order valence-corrected chi connectivity index (χ1v) is 10.1. The average Bonchev–Trinajstić information content (AvgIpc) is 3.00. The second-order valence-electron chi connectivity index (χ2n) is 7.54. The maximum absolute atomic E-state index is 13.0. The molecule has 1 atom stereocenters. The van der Waals surface area contributed by atoms with Crippen LogP contribution in [0, 0.1) is 13.8 Å². The fourth-order valence-electron chi connectivity index (χ4n) is 3.71. The lowest BCUT2D eigenvalue weighted by molar-refractivity contribution is -0.135. The van der Waals surface area contributed by atoms with Crippen LogP contribution in [-0.4, -0.2) is 41.7 Å². The van der Waals surface area contributed by atoms with Crippen LogP contribution >= 0.6 is 0 Å². The molecule has 1 aliphatic rings. The summed E-state index contributed by atoms with van der Waals surface area (Å²) in [5.41, 5.74) is 1.99. The number of nitrogens with one attached hydrogen (secondary N) is 3. The summed E-state index contributed by atoms with van der Waals surface area (Å²) in [6.45, 7) is 4.83. The fraction of sp³-hybridized carbons (Fsp3) is 0.304. The van der Waals surface area contributed by atoms with Gasteiger partial charge in [-0.15, -0.1) is 0 Å². The van der Waals surface area contributed by atoms with Gasteiger partial charge in [0.1, 0.15) is 12.1 Å². The third kappa shape index (κ3) is 4.42. The molecular weight excluding hydrogens is 396 g/mol. The Balaban J connectivity index is 1.61. The van der Waals surface area contributed by atoms with E-state index < -0.39 is 35.8 Å². The summed E-state index contributed by atoms with van der Waals surface area (Å²) < 4.78 is 0. The zero-order valence-corrected chi connectivity index (χ0v) is 17.8. The molecule has 1 saturated heterocycles. The number of aryl methyl sites for hydroxylation is 2. The third-order valence-electron chi connectivity index (χ3n) is 5.47. The van der Waals surface area contributed by atoms with Gasteiger partial charge in [-0.3, -0.25) is 19.3 Å². The van der Waals surface area contributed by atoms with Gasteiger partial charge in [0.15, 0.2) is 0 Å². The van der Waals surface area contributed by atoms with E-state index in [2.05, 4.69) is 16.0 Å². The Kier molecular flexibility index (Phi) is 6.39. The van der Waals surface area contributed by atoms with Gasteiger partial charge >= 0.3 is 6.03 Å². The van der Waals surface area contributed by atoms with Crippen molar-refractivity contribution in [3.63, 3.8) is 0 Å². The van der Waals surface area contributed by atoms with E-state index in [9.17, 15) is 19.2 Å². The number of para-hydroxylation sites is 1. The molecule has 0 aliphatic carbocycles. The molecule has 0 saturated carbocycles. The summed E-state index contributed by atoms with van der Waals surface area (Å²) in [6, 6.07) is 14.0. The molecule has 31 heavy (non-hydrogen) atoms. The number of rotatable bonds is 7. The highest BCUT2D eigenvalue weighted by Crippen LogP contribution is 2.32. The number of hydrogen-bond acceptors (Lipinski definition) is 4. The van der Waals surface area contributed by atoms with Gasteiger partial charge in [0.25, 0.3) is 5.91 Å². The van der Waals surface area contributed by atoms with E-state index in [1.165, 1.54) is 0 Å². The molecular formula is C23H26N4O4. The van der Waals surface area contributed by atoms with Crippen molar-refractivity contribution in [3.05, 3.63) is 65.2 Å². The van der Waals surface area contributed by atoms with Crippen molar-refractivity contribution in [1.82, 2.24) is 15.5 Å². The lowest BCUT2D eigenvalue weighted by Crippen LogP contribution is -2.45. The highest BCUT2D eigenvalue weighted by atomic mass is 16.2. The maximum Gasteiger partial charge on any atom is 0.325 e. The molecule has 0 spiro atoms. The van der Waals surface area contributed by atoms with Crippen molar-refractivity contribution in [2.75, 3.05) is 18.4 Å². The number of carbonyl (C=O) groups is 4. The quantitative estimate of drug-likeness (QED) is 0.595. The molecule has 8 heteroatoms. The van der Waals surface area contributed by atoms with E-state index in [4.69, 9.17) is 0 Å². The maximum atomic E-state index is 13.0. The first kappa shape index (κ1) is 22.0. The molecule has 2 aromatic carbocycles. The standard InChI is InChI=1S/C23H26N4O4/c1-4-23(17-11-6-5-7-12-17)21(30)27(22(31)26-23)14-19(29)24-13-18(28)25-20-15(2)9-8-10-16(20)3/h5-12H,4,13-14H2,1-3H3,(H,24,29)(H,25,28)(H,26,31)/t23-/m0/s1. The first-order valence-electron chi connectivity index (χ1n) is 10.1. The fourth-order valence-corrected chi connectivity index (χ4v) is 3.71. The lowest BCUT2D eigenvalue weighted by atomic mass is 9.87. The van der Waals surface area contributed by atoms with Crippen LogP contribution in [0.1, 0.15) is 30.0 Å². The summed E-state index contributed by atoms with van der Waals surface area (Å²) in [5, 5.41) is 7.97. The minimum Gasteiger partial charge on any atom is -0.345 e. The number of carbonyl (C=O) groups excluding carboxylic acids is 4. The number of hydrogen-bond donors (Lipinski definition) is 3. The zero-order valence-electron chi connectivity index (χ0n) is 17.8. The number of imide groups is 1. The number of amides is 5. The van der Waals surface area contributed by atoms with Crippen molar-refractivity contribution in [3.8, 4) is 0 Å². The van der Waals surface area contributed by atoms with Gasteiger partial charge in [-0.2, -0.15) is 0 Å². The Bertz CT molecular complexity index is 1000. The van der Waals surface area contributed by atoms with Crippen LogP contribution in [0.4, 0.5) is 10.5 Å². The number of anilines is 1. The zero-order chi connectivity index (χ0) is 22.6. The van der Waals surface area contributed by atoms with Crippen LogP contribution in [0.3, 0.4) is 0 Å². The number of benzene rings is 2. The minimum atomic E-state index is -1.20. The molecule has 0 unspecified atom stereocenters. The smallest absolute Gasteiger partial charge is 0.325 e. The molecule has 1 heterocycles. The summed E-state index contributed by atoms with van der Waals surface area (Å²) in [4.78, 5) is 51.0. The second kappa shape index (κ2) is 8.99. The Morgan fingerprint density at radius 3 is 2.23 bits per heavy atom. The Labute approximate surface area is 181 Å². The first-order chi connectivity index (χ1) is 14.8. The van der Waals surface area contributed by atoms with E-state index in [1.54, 1.807) is 31.2 Å². The van der Waals surface area contributed by atoms with E-state index in [1.807, 2.05) is 38.1 Å². The van der Waals surface area contributed by atoms with Gasteiger partial charge in [0.2, 0.25) is 11.8 Å². The normalized spacial score (nSPS) is 18.0. The molecule has 1 fully saturated rings. The van der Waals surface area contributed by atoms with Crippen LogP contribution in [0.5, 0.6) is 0 Å². The van der Waals surface area contributed by atoms with Gasteiger partial charge in [0.05, 0.1) is 6.54 Å². The number of nitrogens with zero attached hydrogens (tertiary/aromatic N) is 1. The monoisotopic (exact) mass is 422 g/mol. The average molecular weight is 422 g/mol. The van der Waals surface area contributed by atoms with Crippen LogP contribution in [0.2, 0.25) is 0 Å². The minimum absolute atomic E-state index is 0.270. The van der Waals surface area contributed by atoms with Crippen molar-refractivity contribution in [2.24, 2.45) is 0 Å². The summed E-state index contributed by atoms with van der Waals surface area (Å²) in [7, 11) is 0. The predicted molar refractivity (Wildman–Crippen MR) is 116 cm³/mol. The van der Waals surface area contributed by atoms with Crippen molar-refractivity contribution in [1.29, 1.82) is 0 Å². The molecule has 1 aliphatic heterocycles. The molecule has 3 rings (SSSR count). The molecule has 8 nitrogen and oxygen atoms in total. The number of urea groups is 1. The molecule has 5 amide bonds. The highest BCUT2D eigenvalue weighted by molar-refractivity contribution is 6.09. The van der Waals surface area contributed by atoms with Crippen molar-refractivity contribution in [2.45, 2.75) is 32.7 Å². The summed E-state index contributed by atoms with van der Waals surface area (Å²) in [6.07, 6.45) is 0.345. The predicted octanol–water partition coefficient (Wildman–Crippen LogP) is 2.22. The van der Waals surface area contributed by atoms with Crippen LogP contribution < -0.4 is 16.0 Å². The van der Waals surface area contributed by atoms with Gasteiger partial charge in [-0.25, -0.2) is 4.79 Å². The summed E-state index contributed by atoms with van der Waals surface area (Å²) in [5.74, 6) is -1.48. The Morgan fingerprint density at radius 2 is 1.61 bits per heavy atom. The van der Waals surface area contributed by atoms with Crippen LogP contribution in [-0.2, 0) is 19.9 Å². The van der Waals surface area contributed by atoms with E-state index in [0.29, 0.717) is 17.7 Å². The van der Waals surface area contributed by atoms with Crippen LogP contribution in [0.15, 0.2) is 48.5 Å². The highest BCUT2D eigenvalue weighted by Gasteiger charge is 2.51. The Hall–Kier alpha value is -3.68. The van der Waals surface area contributed by atoms with Crippen molar-refractivity contribution < 1.29 is 19.2 Å². The largest absolute Gasteiger partial charge is 0.345 e. The van der Waals surface area contributed by atoms with Gasteiger partial charge in [-0.05, 0) is 37.0 Å². The lowest BCUT2D eigenvalue weighted by Gasteiger charge is -2.25. The van der Waals surface area contributed by atoms with Gasteiger partial charge < -0.3 is 16.0 Å². The van der Waals surface area contributed by atoms with E-state index in [0.717, 1.165) is 16.0 Å². The SMILES string of the molecule is CC[C@@]1(c2ccccc2)NC(=O)N(CC(=O)NCC(=O)Nc2c(C)cccc2C)C1=O. The Morgan fingerprint density at radius 1 is 0.968 bits per heavy atom.